The fourth-order valence-electron chi connectivity index (χ4n) is 2.09. The monoisotopic (exact) mass is 320 g/mol. The SMILES string of the molecule is C/C=C/C=C/C(=O)Nc1ccccc1C(=O)NCc1ccccc1. The normalized spacial score (nSPS) is 10.9. The quantitative estimate of drug-likeness (QED) is 0.630. The van der Waals surface area contributed by atoms with E-state index in [1.165, 1.54) is 6.08 Å². The number of hydrogen-bond acceptors (Lipinski definition) is 2. The minimum atomic E-state index is -0.281. The Morgan fingerprint density at radius 1 is 0.958 bits per heavy atom. The first-order valence-corrected chi connectivity index (χ1v) is 7.72. The summed E-state index contributed by atoms with van der Waals surface area (Å²) in [5, 5.41) is 5.59. The number of anilines is 1. The number of para-hydroxylation sites is 1. The third-order valence-corrected chi connectivity index (χ3v) is 3.28. The number of amides is 2. The molecule has 2 rings (SSSR count). The molecule has 0 bridgehead atoms. The van der Waals surface area contributed by atoms with Crippen molar-refractivity contribution < 1.29 is 9.59 Å². The van der Waals surface area contributed by atoms with Gasteiger partial charge in [-0.15, -0.1) is 0 Å². The number of nitrogens with one attached hydrogen (secondary N) is 2. The van der Waals surface area contributed by atoms with E-state index in [1.807, 2.05) is 43.3 Å². The van der Waals surface area contributed by atoms with Gasteiger partial charge in [-0.1, -0.05) is 60.7 Å². The van der Waals surface area contributed by atoms with Gasteiger partial charge >= 0.3 is 0 Å². The number of carbonyl (C=O) groups excluding carboxylic acids is 2. The molecule has 0 unspecified atom stereocenters. The molecule has 2 N–H and O–H groups in total. The molecular weight excluding hydrogens is 300 g/mol. The smallest absolute Gasteiger partial charge is 0.253 e. The van der Waals surface area contributed by atoms with Gasteiger partial charge in [-0.3, -0.25) is 9.59 Å². The second-order valence-electron chi connectivity index (χ2n) is 5.09. The first kappa shape index (κ1) is 17.2. The summed E-state index contributed by atoms with van der Waals surface area (Å²) in [6, 6.07) is 16.6. The highest BCUT2D eigenvalue weighted by atomic mass is 16.2. The van der Waals surface area contributed by atoms with Crippen LogP contribution in [0.1, 0.15) is 22.8 Å². The highest BCUT2D eigenvalue weighted by molar-refractivity contribution is 6.06. The molecule has 4 nitrogen and oxygen atoms in total. The molecule has 24 heavy (non-hydrogen) atoms. The Balaban J connectivity index is 2.04. The van der Waals surface area contributed by atoms with E-state index < -0.39 is 0 Å². The second kappa shape index (κ2) is 9.10. The number of benzene rings is 2. The summed E-state index contributed by atoms with van der Waals surface area (Å²) in [5.41, 5.74) is 1.93. The van der Waals surface area contributed by atoms with Crippen molar-refractivity contribution in [2.45, 2.75) is 13.5 Å². The van der Waals surface area contributed by atoms with Gasteiger partial charge < -0.3 is 10.6 Å². The molecule has 0 saturated carbocycles. The van der Waals surface area contributed by atoms with Crippen molar-refractivity contribution >= 4 is 17.5 Å². The van der Waals surface area contributed by atoms with Gasteiger partial charge in [0.15, 0.2) is 0 Å². The predicted octanol–water partition coefficient (Wildman–Crippen LogP) is 3.69. The summed E-state index contributed by atoms with van der Waals surface area (Å²) >= 11 is 0. The van der Waals surface area contributed by atoms with Gasteiger partial charge in [0.2, 0.25) is 5.91 Å². The summed E-state index contributed by atoms with van der Waals surface area (Å²) < 4.78 is 0. The summed E-state index contributed by atoms with van der Waals surface area (Å²) in [6.45, 7) is 2.30. The molecule has 0 aliphatic carbocycles. The van der Waals surface area contributed by atoms with Crippen molar-refractivity contribution in [2.24, 2.45) is 0 Å². The molecule has 0 heterocycles. The van der Waals surface area contributed by atoms with E-state index >= 15 is 0 Å². The Morgan fingerprint density at radius 3 is 2.42 bits per heavy atom. The van der Waals surface area contributed by atoms with Crippen molar-refractivity contribution in [3.05, 3.63) is 90.0 Å². The van der Waals surface area contributed by atoms with Crippen molar-refractivity contribution in [3.63, 3.8) is 0 Å². The fraction of sp³-hybridized carbons (Fsp3) is 0.100. The van der Waals surface area contributed by atoms with Gasteiger partial charge in [0.05, 0.1) is 11.3 Å². The van der Waals surface area contributed by atoms with Crippen LogP contribution >= 0.6 is 0 Å². The molecule has 0 spiro atoms. The molecule has 122 valence electrons. The van der Waals surface area contributed by atoms with E-state index in [4.69, 9.17) is 0 Å². The van der Waals surface area contributed by atoms with E-state index in [9.17, 15) is 9.59 Å². The number of rotatable bonds is 6. The molecule has 0 atom stereocenters. The van der Waals surface area contributed by atoms with Crippen molar-refractivity contribution in [1.29, 1.82) is 0 Å². The molecule has 2 aromatic carbocycles. The van der Waals surface area contributed by atoms with Crippen LogP contribution in [0.15, 0.2) is 78.9 Å². The zero-order valence-electron chi connectivity index (χ0n) is 13.5. The Kier molecular flexibility index (Phi) is 6.53. The van der Waals surface area contributed by atoms with E-state index in [0.29, 0.717) is 17.8 Å². The second-order valence-corrected chi connectivity index (χ2v) is 5.09. The van der Waals surface area contributed by atoms with Gasteiger partial charge in [-0.2, -0.15) is 0 Å². The molecule has 0 radical (unpaired) electrons. The topological polar surface area (TPSA) is 58.2 Å². The van der Waals surface area contributed by atoms with Crippen LogP contribution in [0, 0.1) is 0 Å². The minimum absolute atomic E-state index is 0.229. The summed E-state index contributed by atoms with van der Waals surface area (Å²) in [6.07, 6.45) is 6.65. The molecule has 0 aliphatic heterocycles. The van der Waals surface area contributed by atoms with Gasteiger partial charge in [-0.05, 0) is 24.6 Å². The lowest BCUT2D eigenvalue weighted by Gasteiger charge is -2.10. The molecule has 2 aromatic rings. The van der Waals surface area contributed by atoms with Crippen LogP contribution in [0.4, 0.5) is 5.69 Å². The number of carbonyl (C=O) groups is 2. The summed E-state index contributed by atoms with van der Waals surface area (Å²) in [5.74, 6) is -0.511. The summed E-state index contributed by atoms with van der Waals surface area (Å²) in [4.78, 5) is 24.3. The van der Waals surface area contributed by atoms with Crippen molar-refractivity contribution in [1.82, 2.24) is 5.32 Å². The Labute approximate surface area is 141 Å². The third kappa shape index (κ3) is 5.25. The molecule has 0 saturated heterocycles. The van der Waals surface area contributed by atoms with Crippen LogP contribution < -0.4 is 10.6 Å². The molecule has 0 fully saturated rings. The Hall–Kier alpha value is -3.14. The average molecular weight is 320 g/mol. The molecule has 4 heteroatoms. The number of allylic oxidation sites excluding steroid dienone is 3. The Morgan fingerprint density at radius 2 is 1.67 bits per heavy atom. The maximum absolute atomic E-state index is 12.4. The van der Waals surface area contributed by atoms with Gasteiger partial charge in [0.25, 0.3) is 5.91 Å². The van der Waals surface area contributed by atoms with Gasteiger partial charge in [0, 0.05) is 12.6 Å². The van der Waals surface area contributed by atoms with E-state index in [1.54, 1.807) is 36.4 Å². The lowest BCUT2D eigenvalue weighted by atomic mass is 10.1. The molecule has 2 amide bonds. The zero-order chi connectivity index (χ0) is 17.2. The van der Waals surface area contributed by atoms with Crippen LogP contribution in [0.3, 0.4) is 0 Å². The highest BCUT2D eigenvalue weighted by Crippen LogP contribution is 2.15. The lowest BCUT2D eigenvalue weighted by molar-refractivity contribution is -0.111. The highest BCUT2D eigenvalue weighted by Gasteiger charge is 2.11. The van der Waals surface area contributed by atoms with E-state index in [0.717, 1.165) is 5.56 Å². The largest absolute Gasteiger partial charge is 0.348 e. The van der Waals surface area contributed by atoms with Crippen LogP contribution in [-0.4, -0.2) is 11.8 Å². The Bertz CT molecular complexity index is 749. The fourth-order valence-corrected chi connectivity index (χ4v) is 2.09. The van der Waals surface area contributed by atoms with Gasteiger partial charge in [0.1, 0.15) is 0 Å². The minimum Gasteiger partial charge on any atom is -0.348 e. The zero-order valence-corrected chi connectivity index (χ0v) is 13.5. The maximum Gasteiger partial charge on any atom is 0.253 e. The van der Waals surface area contributed by atoms with Crippen molar-refractivity contribution in [3.8, 4) is 0 Å². The van der Waals surface area contributed by atoms with Crippen LogP contribution in [-0.2, 0) is 11.3 Å². The van der Waals surface area contributed by atoms with Crippen molar-refractivity contribution in [2.75, 3.05) is 5.32 Å². The first-order chi connectivity index (χ1) is 11.7. The first-order valence-electron chi connectivity index (χ1n) is 7.72. The van der Waals surface area contributed by atoms with Crippen LogP contribution in [0.25, 0.3) is 0 Å². The molecule has 0 aromatic heterocycles. The van der Waals surface area contributed by atoms with Crippen LogP contribution in [0.5, 0.6) is 0 Å². The molecular formula is C20H20N2O2. The third-order valence-electron chi connectivity index (χ3n) is 3.28. The van der Waals surface area contributed by atoms with E-state index in [-0.39, 0.29) is 11.8 Å². The maximum atomic E-state index is 12.4. The summed E-state index contributed by atoms with van der Waals surface area (Å²) in [7, 11) is 0. The standard InChI is InChI=1S/C20H20N2O2/c1-2-3-5-14-19(23)22-18-13-9-8-12-17(18)20(24)21-15-16-10-6-4-7-11-16/h2-14H,15H2,1H3,(H,21,24)(H,22,23)/b3-2+,14-5+. The number of hydrogen-bond donors (Lipinski definition) is 2. The lowest BCUT2D eigenvalue weighted by Crippen LogP contribution is -2.24. The van der Waals surface area contributed by atoms with Gasteiger partial charge in [-0.25, -0.2) is 0 Å². The average Bonchev–Trinajstić information content (AvgIpc) is 2.61. The predicted molar refractivity (Wildman–Crippen MR) is 96.6 cm³/mol. The van der Waals surface area contributed by atoms with Crippen LogP contribution in [0.2, 0.25) is 0 Å². The van der Waals surface area contributed by atoms with E-state index in [2.05, 4.69) is 10.6 Å². The molecule has 0 aliphatic rings.